The van der Waals surface area contributed by atoms with E-state index in [0.717, 1.165) is 6.42 Å². The first-order valence-electron chi connectivity index (χ1n) is 23.9. The number of aliphatic carboxylic acids is 1. The number of aliphatic hydroxyl groups is 2. The Bertz CT molecular complexity index is 1890. The van der Waals surface area contributed by atoms with Gasteiger partial charge in [0.05, 0.1) is 52.7 Å². The molecule has 6 rings (SSSR count). The van der Waals surface area contributed by atoms with Crippen molar-refractivity contribution in [3.05, 3.63) is 52.1 Å². The Morgan fingerprint density at radius 2 is 1.57 bits per heavy atom. The van der Waals surface area contributed by atoms with Crippen LogP contribution in [0, 0.1) is 51.5 Å². The van der Waals surface area contributed by atoms with Gasteiger partial charge >= 0.3 is 29.6 Å². The molecular weight excluding hydrogens is 848 g/mol. The number of carbonyl (C=O) groups excluding carboxylic acids is 3. The molecule has 5 heterocycles. The molecule has 0 saturated carbocycles. The van der Waals surface area contributed by atoms with Crippen LogP contribution in [0.5, 0.6) is 0 Å². The van der Waals surface area contributed by atoms with E-state index in [-0.39, 0.29) is 64.3 Å². The molecule has 4 saturated heterocycles. The number of aliphatic hydroxyl groups excluding tert-OH is 1. The molecule has 15 nitrogen and oxygen atoms in total. The van der Waals surface area contributed by atoms with E-state index in [0.29, 0.717) is 57.8 Å². The molecule has 1 amide bonds. The zero-order valence-electron chi connectivity index (χ0n) is 40.5. The quantitative estimate of drug-likeness (QED) is 0.0999. The van der Waals surface area contributed by atoms with E-state index in [4.69, 9.17) is 23.7 Å². The van der Waals surface area contributed by atoms with E-state index in [9.17, 15) is 39.8 Å². The van der Waals surface area contributed by atoms with E-state index in [1.165, 1.54) is 24.3 Å². The smallest absolute Gasteiger partial charge is 0.550 e. The van der Waals surface area contributed by atoms with E-state index in [1.54, 1.807) is 13.8 Å². The van der Waals surface area contributed by atoms with Gasteiger partial charge in [-0.25, -0.2) is 0 Å². The second kappa shape index (κ2) is 21.1. The molecule has 16 heteroatoms. The van der Waals surface area contributed by atoms with Crippen molar-refractivity contribution in [1.82, 2.24) is 5.32 Å². The van der Waals surface area contributed by atoms with Crippen molar-refractivity contribution in [2.45, 2.75) is 199 Å². The number of Topliss-reactive ketones (excluding diaryl/α,β-unsaturated/α-hetero) is 1. The van der Waals surface area contributed by atoms with Crippen LogP contribution in [0.15, 0.2) is 36.4 Å². The van der Waals surface area contributed by atoms with Crippen LogP contribution in [0.25, 0.3) is 0 Å². The molecule has 0 aliphatic carbocycles. The average Bonchev–Trinajstić information content (AvgIpc) is 3.61. The summed E-state index contributed by atoms with van der Waals surface area (Å²) in [7, 11) is 0. The van der Waals surface area contributed by atoms with Gasteiger partial charge in [-0.2, -0.15) is 0 Å². The standard InChI is InChI=1S/C49H74N2O13.Na/c1-11-35(45(55)56)37-19-14-27(4)42(61-37)31(8)40(52)30(7)41(53)36(12-2)43-28(5)26-29(6)48(62-43)23-20-38(50-44(54)33-15-17-34(18-16-33)51(58)59)49(64-48)25-24-46(10,63-49)39-21-22-47(57,13-3)32(9)60-39;/h15-18,20,23,27-32,35-40,42-43,52,57H,11-14,19,21-22,24-26H2,1-10H3,(H,50,54)(H,55,56);/q;+1/p-1/t27-,28-,29+,30-,31-,32-,35+,36-,37+,38-,39+,40+,42+,43-,46-,47+,48-,49-;/m0./s1. The fourth-order valence-corrected chi connectivity index (χ4v) is 11.6. The summed E-state index contributed by atoms with van der Waals surface area (Å²) in [6.45, 7) is 19.3. The molecular formula is C49H73N2NaO13. The van der Waals surface area contributed by atoms with Gasteiger partial charge in [-0.05, 0) is 102 Å². The molecule has 3 N–H and O–H groups in total. The first-order valence-corrected chi connectivity index (χ1v) is 23.9. The van der Waals surface area contributed by atoms with Gasteiger partial charge in [0.15, 0.2) is 11.6 Å². The molecule has 18 atom stereocenters. The van der Waals surface area contributed by atoms with Gasteiger partial charge in [0.25, 0.3) is 11.6 Å². The Hall–Kier alpha value is -2.31. The van der Waals surface area contributed by atoms with Crippen molar-refractivity contribution in [2.24, 2.45) is 41.4 Å². The van der Waals surface area contributed by atoms with Gasteiger partial charge in [0, 0.05) is 59.7 Å². The molecule has 0 bridgehead atoms. The van der Waals surface area contributed by atoms with Crippen molar-refractivity contribution >= 4 is 23.3 Å². The van der Waals surface area contributed by atoms with Crippen molar-refractivity contribution in [3.8, 4) is 0 Å². The van der Waals surface area contributed by atoms with Gasteiger partial charge in [0.2, 0.25) is 0 Å². The fourth-order valence-electron chi connectivity index (χ4n) is 11.6. The van der Waals surface area contributed by atoms with Crippen LogP contribution in [-0.2, 0) is 33.3 Å². The topological polar surface area (TPSA) is 216 Å². The van der Waals surface area contributed by atoms with Gasteiger partial charge in [-0.3, -0.25) is 19.7 Å². The number of hydrogen-bond acceptors (Lipinski definition) is 13. The monoisotopic (exact) mass is 921 g/mol. The number of ether oxygens (including phenoxy) is 5. The Morgan fingerprint density at radius 1 is 0.908 bits per heavy atom. The average molecular weight is 921 g/mol. The van der Waals surface area contributed by atoms with Gasteiger partial charge in [-0.15, -0.1) is 0 Å². The third kappa shape index (κ3) is 10.6. The molecule has 5 aliphatic heterocycles. The summed E-state index contributed by atoms with van der Waals surface area (Å²) in [4.78, 5) is 51.3. The summed E-state index contributed by atoms with van der Waals surface area (Å²) in [6.07, 6.45) is 5.36. The zero-order valence-corrected chi connectivity index (χ0v) is 42.5. The Kier molecular flexibility index (Phi) is 17.4. The Balaban J connectivity index is 0.00000793. The van der Waals surface area contributed by atoms with E-state index < -0.39 is 106 Å². The number of non-ortho nitro benzene ring substituents is 1. The van der Waals surface area contributed by atoms with Crippen LogP contribution >= 0.6 is 0 Å². The Morgan fingerprint density at radius 3 is 2.15 bits per heavy atom. The molecule has 4 fully saturated rings. The van der Waals surface area contributed by atoms with E-state index >= 15 is 0 Å². The molecule has 358 valence electrons. The molecule has 0 aromatic heterocycles. The number of nitro benzene ring substituents is 1. The van der Waals surface area contributed by atoms with Gasteiger partial charge in [0.1, 0.15) is 11.8 Å². The van der Waals surface area contributed by atoms with Crippen LogP contribution in [0.2, 0.25) is 0 Å². The number of carboxylic acids is 1. The molecule has 1 aromatic carbocycles. The molecule has 1 aromatic rings. The van der Waals surface area contributed by atoms with Crippen LogP contribution in [0.3, 0.4) is 0 Å². The number of ketones is 1. The number of carboxylic acid groups (broad SMARTS) is 1. The molecule has 5 aliphatic rings. The third-order valence-corrected chi connectivity index (χ3v) is 16.1. The van der Waals surface area contributed by atoms with E-state index in [2.05, 4.69) is 12.2 Å². The maximum atomic E-state index is 14.7. The number of hydrogen-bond donors (Lipinski definition) is 3. The number of nitrogens with one attached hydrogen (secondary N) is 1. The first kappa shape index (κ1) is 53.6. The van der Waals surface area contributed by atoms with Crippen LogP contribution < -0.4 is 40.0 Å². The minimum Gasteiger partial charge on any atom is -0.550 e. The Labute approximate surface area is 406 Å². The maximum absolute atomic E-state index is 14.7. The minimum absolute atomic E-state index is 0. The molecule has 2 spiro atoms. The van der Waals surface area contributed by atoms with Crippen molar-refractivity contribution < 1.29 is 87.9 Å². The van der Waals surface area contributed by atoms with Gasteiger partial charge in [-0.1, -0.05) is 61.5 Å². The van der Waals surface area contributed by atoms with Crippen molar-refractivity contribution in [3.63, 3.8) is 0 Å². The van der Waals surface area contributed by atoms with Crippen LogP contribution in [0.1, 0.15) is 144 Å². The van der Waals surface area contributed by atoms with Crippen LogP contribution in [0.4, 0.5) is 5.69 Å². The predicted molar refractivity (Wildman–Crippen MR) is 234 cm³/mol. The summed E-state index contributed by atoms with van der Waals surface area (Å²) in [6, 6.07) is 4.53. The summed E-state index contributed by atoms with van der Waals surface area (Å²) in [5.74, 6) is -7.49. The second-order valence-electron chi connectivity index (χ2n) is 20.2. The SMILES string of the molecule is CC[C@@H](C(=O)[C@@H](C)[C@@H](O)[C@H](C)[C@@H]1O[C@@H]([C@@H](CC)C(=O)[O-])CC[C@@H]1C)[C@H]1O[C@]2(C=C[C@H](NC(=O)c3ccc([N+](=O)[O-])cc3)[C@]3(CC[C@@](C)([C@H]4CC[C@](O)(CC)[C@H](C)O4)O3)O2)[C@H](C)C[C@@H]1C.[Na+]. The largest absolute Gasteiger partial charge is 1.00 e. The molecule has 0 unspecified atom stereocenters. The van der Waals surface area contributed by atoms with Crippen molar-refractivity contribution in [1.29, 1.82) is 0 Å². The summed E-state index contributed by atoms with van der Waals surface area (Å²) < 4.78 is 34.4. The number of nitrogens with zero attached hydrogens (tertiary/aromatic N) is 1. The number of benzene rings is 1. The summed E-state index contributed by atoms with van der Waals surface area (Å²) in [5, 5.41) is 49.4. The number of nitro groups is 1. The van der Waals surface area contributed by atoms with Crippen molar-refractivity contribution in [2.75, 3.05) is 0 Å². The summed E-state index contributed by atoms with van der Waals surface area (Å²) >= 11 is 0. The third-order valence-electron chi connectivity index (χ3n) is 16.1. The minimum atomic E-state index is -1.46. The normalized spacial score (nSPS) is 39.4. The van der Waals surface area contributed by atoms with Crippen LogP contribution in [-0.4, -0.2) is 98.2 Å². The number of rotatable bonds is 15. The second-order valence-corrected chi connectivity index (χ2v) is 20.2. The number of amides is 1. The summed E-state index contributed by atoms with van der Waals surface area (Å²) in [5.41, 5.74) is -1.77. The first-order chi connectivity index (χ1) is 30.1. The number of carbonyl (C=O) groups is 3. The van der Waals surface area contributed by atoms with E-state index in [1.807, 2.05) is 60.6 Å². The fraction of sp³-hybridized carbons (Fsp3) is 0.776. The maximum Gasteiger partial charge on any atom is 1.00 e. The molecule has 0 radical (unpaired) electrons. The zero-order chi connectivity index (χ0) is 47.1. The van der Waals surface area contributed by atoms with Gasteiger partial charge < -0.3 is 49.1 Å². The molecule has 65 heavy (non-hydrogen) atoms. The predicted octanol–water partition coefficient (Wildman–Crippen LogP) is 3.20.